The molecule has 1 N–H and O–H groups in total. The van der Waals surface area contributed by atoms with Gasteiger partial charge in [0.1, 0.15) is 0 Å². The molecular formula is C24H29Cl2N3O2. The Labute approximate surface area is 194 Å². The van der Waals surface area contributed by atoms with Crippen LogP contribution in [0.25, 0.3) is 0 Å². The Bertz CT molecular complexity index is 928. The lowest BCUT2D eigenvalue weighted by Gasteiger charge is -2.38. The summed E-state index contributed by atoms with van der Waals surface area (Å²) in [5.41, 5.74) is 0.803. The molecule has 2 amide bonds. The summed E-state index contributed by atoms with van der Waals surface area (Å²) in [6.45, 7) is 6.33. The molecule has 5 nitrogen and oxygen atoms in total. The summed E-state index contributed by atoms with van der Waals surface area (Å²) in [4.78, 5) is 32.4. The summed E-state index contributed by atoms with van der Waals surface area (Å²) in [6.07, 6.45) is 5.20. The van der Waals surface area contributed by atoms with Gasteiger partial charge in [-0.3, -0.25) is 14.6 Å². The molecule has 1 saturated heterocycles. The fourth-order valence-electron chi connectivity index (χ4n) is 3.79. The fraction of sp³-hybridized carbons (Fsp3) is 0.458. The predicted molar refractivity (Wildman–Crippen MR) is 124 cm³/mol. The Balaban J connectivity index is 1.84. The number of carbonyl (C=O) groups is 2. The fourth-order valence-corrected chi connectivity index (χ4v) is 4.09. The number of piperidine rings is 1. The van der Waals surface area contributed by atoms with Gasteiger partial charge < -0.3 is 10.2 Å². The molecule has 1 aromatic carbocycles. The van der Waals surface area contributed by atoms with Gasteiger partial charge in [-0.15, -0.1) is 0 Å². The van der Waals surface area contributed by atoms with Crippen molar-refractivity contribution >= 4 is 35.0 Å². The molecule has 1 aromatic heterocycles. The topological polar surface area (TPSA) is 62.3 Å². The predicted octanol–water partition coefficient (Wildman–Crippen LogP) is 5.68. The SMILES string of the molecule is CC(C)(C)C(=O)N[C@@H](C[C@H]1CCCCN1C(=O)c1ccc(Cl)c(Cl)c1)c1ccccn1. The molecule has 7 heteroatoms. The van der Waals surface area contributed by atoms with Gasteiger partial charge in [-0.25, -0.2) is 0 Å². The van der Waals surface area contributed by atoms with Crippen molar-refractivity contribution in [2.45, 2.75) is 58.5 Å². The second-order valence-electron chi connectivity index (χ2n) is 9.04. The van der Waals surface area contributed by atoms with Crippen LogP contribution in [0.5, 0.6) is 0 Å². The Hall–Kier alpha value is -2.11. The first-order valence-corrected chi connectivity index (χ1v) is 11.4. The zero-order valence-electron chi connectivity index (χ0n) is 18.2. The molecule has 0 radical (unpaired) electrons. The molecule has 1 fully saturated rings. The van der Waals surface area contributed by atoms with Crippen molar-refractivity contribution in [1.82, 2.24) is 15.2 Å². The van der Waals surface area contributed by atoms with Crippen molar-refractivity contribution in [1.29, 1.82) is 0 Å². The molecule has 2 atom stereocenters. The Morgan fingerprint density at radius 2 is 1.94 bits per heavy atom. The van der Waals surface area contributed by atoms with E-state index in [0.29, 0.717) is 28.6 Å². The van der Waals surface area contributed by atoms with E-state index in [1.165, 1.54) is 0 Å². The molecule has 166 valence electrons. The molecule has 0 saturated carbocycles. The largest absolute Gasteiger partial charge is 0.347 e. The van der Waals surface area contributed by atoms with Gasteiger partial charge in [0, 0.05) is 29.8 Å². The first kappa shape index (κ1) is 23.6. The van der Waals surface area contributed by atoms with Crippen molar-refractivity contribution in [3.63, 3.8) is 0 Å². The molecule has 0 spiro atoms. The van der Waals surface area contributed by atoms with E-state index >= 15 is 0 Å². The normalized spacial score (nSPS) is 17.8. The molecule has 2 heterocycles. The van der Waals surface area contributed by atoms with E-state index in [4.69, 9.17) is 23.2 Å². The van der Waals surface area contributed by atoms with Gasteiger partial charge in [-0.1, -0.05) is 50.0 Å². The molecule has 0 aliphatic carbocycles. The maximum absolute atomic E-state index is 13.3. The van der Waals surface area contributed by atoms with Gasteiger partial charge in [0.15, 0.2) is 0 Å². The van der Waals surface area contributed by atoms with E-state index in [2.05, 4.69) is 10.3 Å². The summed E-state index contributed by atoms with van der Waals surface area (Å²) in [5, 5.41) is 3.95. The van der Waals surface area contributed by atoms with E-state index in [9.17, 15) is 9.59 Å². The Morgan fingerprint density at radius 3 is 2.58 bits per heavy atom. The van der Waals surface area contributed by atoms with Gasteiger partial charge >= 0.3 is 0 Å². The average molecular weight is 462 g/mol. The number of rotatable bonds is 5. The highest BCUT2D eigenvalue weighted by Crippen LogP contribution is 2.30. The molecule has 1 aliphatic rings. The van der Waals surface area contributed by atoms with Crippen molar-refractivity contribution in [3.05, 3.63) is 63.9 Å². The zero-order valence-corrected chi connectivity index (χ0v) is 19.7. The molecule has 0 bridgehead atoms. The second kappa shape index (κ2) is 10.0. The van der Waals surface area contributed by atoms with E-state index in [0.717, 1.165) is 25.0 Å². The number of benzene rings is 1. The Morgan fingerprint density at radius 1 is 1.16 bits per heavy atom. The van der Waals surface area contributed by atoms with Crippen molar-refractivity contribution < 1.29 is 9.59 Å². The van der Waals surface area contributed by atoms with Crippen LogP contribution in [0.3, 0.4) is 0 Å². The minimum Gasteiger partial charge on any atom is -0.347 e. The highest BCUT2D eigenvalue weighted by atomic mass is 35.5. The highest BCUT2D eigenvalue weighted by molar-refractivity contribution is 6.42. The second-order valence-corrected chi connectivity index (χ2v) is 9.86. The quantitative estimate of drug-likeness (QED) is 0.622. The third-order valence-electron chi connectivity index (χ3n) is 5.59. The molecule has 3 rings (SSSR count). The number of nitrogens with one attached hydrogen (secondary N) is 1. The minimum absolute atomic E-state index is 0.0111. The smallest absolute Gasteiger partial charge is 0.254 e. The first-order chi connectivity index (χ1) is 14.7. The number of hydrogen-bond acceptors (Lipinski definition) is 3. The van der Waals surface area contributed by atoms with Gasteiger partial charge in [-0.05, 0) is 56.0 Å². The Kier molecular flexibility index (Phi) is 7.60. The summed E-state index contributed by atoms with van der Waals surface area (Å²) >= 11 is 12.2. The number of nitrogens with zero attached hydrogens (tertiary/aromatic N) is 2. The van der Waals surface area contributed by atoms with E-state index in [-0.39, 0.29) is 23.9 Å². The average Bonchev–Trinajstić information content (AvgIpc) is 2.75. The number of pyridine rings is 1. The number of carbonyl (C=O) groups excluding carboxylic acids is 2. The van der Waals surface area contributed by atoms with Gasteiger partial charge in [0.25, 0.3) is 5.91 Å². The van der Waals surface area contributed by atoms with Crippen LogP contribution >= 0.6 is 23.2 Å². The maximum atomic E-state index is 13.3. The van der Waals surface area contributed by atoms with Gasteiger partial charge in [-0.2, -0.15) is 0 Å². The van der Waals surface area contributed by atoms with Crippen molar-refractivity contribution in [3.8, 4) is 0 Å². The molecule has 1 aliphatic heterocycles. The molecule has 2 aromatic rings. The summed E-state index contributed by atoms with van der Waals surface area (Å²) in [7, 11) is 0. The van der Waals surface area contributed by atoms with Crippen LogP contribution in [-0.4, -0.2) is 34.3 Å². The van der Waals surface area contributed by atoms with E-state index < -0.39 is 5.41 Å². The van der Waals surface area contributed by atoms with Gasteiger partial charge in [0.05, 0.1) is 21.8 Å². The van der Waals surface area contributed by atoms with Crippen LogP contribution in [0, 0.1) is 5.41 Å². The minimum atomic E-state index is -0.519. The van der Waals surface area contributed by atoms with E-state index in [1.807, 2.05) is 43.9 Å². The summed E-state index contributed by atoms with van der Waals surface area (Å²) < 4.78 is 0. The maximum Gasteiger partial charge on any atom is 0.254 e. The standard InChI is InChI=1S/C24H29Cl2N3O2/c1-24(2,3)23(31)28-21(20-9-4-6-12-27-20)15-17-8-5-7-13-29(17)22(30)16-10-11-18(25)19(26)14-16/h4,6,9-12,14,17,21H,5,7-8,13,15H2,1-3H3,(H,28,31)/t17-,21+/m1/s1. The van der Waals surface area contributed by atoms with Crippen molar-refractivity contribution in [2.75, 3.05) is 6.54 Å². The van der Waals surface area contributed by atoms with Crippen LogP contribution < -0.4 is 5.32 Å². The summed E-state index contributed by atoms with van der Waals surface area (Å²) in [6, 6.07) is 10.4. The molecule has 0 unspecified atom stereocenters. The molecule has 31 heavy (non-hydrogen) atoms. The van der Waals surface area contributed by atoms with Crippen LogP contribution in [0.4, 0.5) is 0 Å². The van der Waals surface area contributed by atoms with Crippen LogP contribution in [0.2, 0.25) is 10.0 Å². The number of aromatic nitrogens is 1. The lowest BCUT2D eigenvalue weighted by molar-refractivity contribution is -0.129. The van der Waals surface area contributed by atoms with Crippen LogP contribution in [-0.2, 0) is 4.79 Å². The van der Waals surface area contributed by atoms with E-state index in [1.54, 1.807) is 24.4 Å². The third kappa shape index (κ3) is 5.98. The van der Waals surface area contributed by atoms with Crippen molar-refractivity contribution in [2.24, 2.45) is 5.41 Å². The number of amides is 2. The third-order valence-corrected chi connectivity index (χ3v) is 6.33. The lowest BCUT2D eigenvalue weighted by Crippen LogP contribution is -2.47. The van der Waals surface area contributed by atoms with Crippen LogP contribution in [0.15, 0.2) is 42.6 Å². The highest BCUT2D eigenvalue weighted by Gasteiger charge is 2.32. The monoisotopic (exact) mass is 461 g/mol. The number of likely N-dealkylation sites (tertiary alicyclic amines) is 1. The zero-order chi connectivity index (χ0) is 22.6. The van der Waals surface area contributed by atoms with Crippen LogP contribution in [0.1, 0.15) is 68.5 Å². The first-order valence-electron chi connectivity index (χ1n) is 10.6. The lowest BCUT2D eigenvalue weighted by atomic mass is 9.91. The number of halogens is 2. The summed E-state index contributed by atoms with van der Waals surface area (Å²) in [5.74, 6) is -0.105. The van der Waals surface area contributed by atoms with Gasteiger partial charge in [0.2, 0.25) is 5.91 Å². The number of hydrogen-bond donors (Lipinski definition) is 1. The molecular weight excluding hydrogens is 433 g/mol.